The average molecular weight is 286 g/mol. The van der Waals surface area contributed by atoms with Gasteiger partial charge in [-0.15, -0.1) is 11.3 Å². The van der Waals surface area contributed by atoms with E-state index in [2.05, 4.69) is 23.7 Å². The highest BCUT2D eigenvalue weighted by Crippen LogP contribution is 2.33. The van der Waals surface area contributed by atoms with Gasteiger partial charge in [-0.2, -0.15) is 0 Å². The molecule has 0 spiro atoms. The highest BCUT2D eigenvalue weighted by molar-refractivity contribution is 7.10. The zero-order valence-corrected chi connectivity index (χ0v) is 12.5. The van der Waals surface area contributed by atoms with E-state index in [9.17, 15) is 4.79 Å². The van der Waals surface area contributed by atoms with Gasteiger partial charge in [-0.1, -0.05) is 17.7 Å². The number of anilines is 1. The van der Waals surface area contributed by atoms with Crippen molar-refractivity contribution in [3.63, 3.8) is 0 Å². The van der Waals surface area contributed by atoms with Crippen LogP contribution in [0, 0.1) is 6.92 Å². The summed E-state index contributed by atoms with van der Waals surface area (Å²) in [6.07, 6.45) is 0.957. The quantitative estimate of drug-likeness (QED) is 0.837. The van der Waals surface area contributed by atoms with Gasteiger partial charge in [-0.25, -0.2) is 4.79 Å². The van der Waals surface area contributed by atoms with Crippen LogP contribution >= 0.6 is 11.3 Å². The van der Waals surface area contributed by atoms with Crippen LogP contribution in [-0.2, 0) is 6.42 Å². The number of benzene rings is 1. The molecule has 0 saturated heterocycles. The molecule has 0 bridgehead atoms. The summed E-state index contributed by atoms with van der Waals surface area (Å²) in [5.41, 5.74) is 3.33. The molecule has 2 heterocycles. The molecule has 1 aromatic heterocycles. The van der Waals surface area contributed by atoms with Gasteiger partial charge in [0.1, 0.15) is 0 Å². The molecule has 2 aromatic rings. The van der Waals surface area contributed by atoms with Crippen molar-refractivity contribution in [1.29, 1.82) is 0 Å². The number of thiophene rings is 1. The summed E-state index contributed by atoms with van der Waals surface area (Å²) in [6.45, 7) is 4.92. The predicted molar refractivity (Wildman–Crippen MR) is 83.3 cm³/mol. The molecule has 0 unspecified atom stereocenters. The van der Waals surface area contributed by atoms with Gasteiger partial charge in [0.25, 0.3) is 0 Å². The molecule has 3 rings (SSSR count). The lowest BCUT2D eigenvalue weighted by molar-refractivity contribution is 0.189. The SMILES string of the molecule is Cc1ccc(NC(=O)N2CCc3sccc3[C@@H]2C)cc1. The van der Waals surface area contributed by atoms with Crippen molar-refractivity contribution in [3.05, 3.63) is 51.7 Å². The molecule has 0 saturated carbocycles. The molecule has 4 heteroatoms. The van der Waals surface area contributed by atoms with E-state index in [1.54, 1.807) is 11.3 Å². The molecular weight excluding hydrogens is 268 g/mol. The highest BCUT2D eigenvalue weighted by atomic mass is 32.1. The number of amides is 2. The van der Waals surface area contributed by atoms with Gasteiger partial charge in [0.05, 0.1) is 6.04 Å². The monoisotopic (exact) mass is 286 g/mol. The molecule has 1 aromatic carbocycles. The lowest BCUT2D eigenvalue weighted by Gasteiger charge is -2.33. The number of aryl methyl sites for hydroxylation is 1. The van der Waals surface area contributed by atoms with Crippen LogP contribution in [0.4, 0.5) is 10.5 Å². The Balaban J connectivity index is 1.73. The van der Waals surface area contributed by atoms with Gasteiger partial charge in [-0.05, 0) is 49.4 Å². The van der Waals surface area contributed by atoms with Crippen LogP contribution in [0.3, 0.4) is 0 Å². The second-order valence-electron chi connectivity index (χ2n) is 5.21. The summed E-state index contributed by atoms with van der Waals surface area (Å²) in [7, 11) is 0. The largest absolute Gasteiger partial charge is 0.322 e. The van der Waals surface area contributed by atoms with E-state index in [1.807, 2.05) is 36.1 Å². The maximum Gasteiger partial charge on any atom is 0.322 e. The Morgan fingerprint density at radius 1 is 1.30 bits per heavy atom. The zero-order chi connectivity index (χ0) is 14.1. The number of carbonyl (C=O) groups is 1. The van der Waals surface area contributed by atoms with Crippen molar-refractivity contribution in [2.75, 3.05) is 11.9 Å². The number of nitrogens with one attached hydrogen (secondary N) is 1. The molecule has 0 aliphatic carbocycles. The topological polar surface area (TPSA) is 32.3 Å². The minimum absolute atomic E-state index is 0.0156. The number of nitrogens with zero attached hydrogens (tertiary/aromatic N) is 1. The molecule has 2 amide bonds. The van der Waals surface area contributed by atoms with Gasteiger partial charge in [0.15, 0.2) is 0 Å². The Bertz CT molecular complexity index is 618. The van der Waals surface area contributed by atoms with Crippen molar-refractivity contribution in [2.45, 2.75) is 26.3 Å². The van der Waals surface area contributed by atoms with E-state index in [0.717, 1.165) is 18.7 Å². The van der Waals surface area contributed by atoms with E-state index >= 15 is 0 Å². The van der Waals surface area contributed by atoms with Crippen LogP contribution in [0.1, 0.15) is 29.0 Å². The summed E-state index contributed by atoms with van der Waals surface area (Å²) in [5, 5.41) is 5.10. The van der Waals surface area contributed by atoms with E-state index in [4.69, 9.17) is 0 Å². The number of hydrogen-bond donors (Lipinski definition) is 1. The molecule has 20 heavy (non-hydrogen) atoms. The highest BCUT2D eigenvalue weighted by Gasteiger charge is 2.28. The van der Waals surface area contributed by atoms with Crippen molar-refractivity contribution < 1.29 is 4.79 Å². The first-order valence-electron chi connectivity index (χ1n) is 6.85. The number of hydrogen-bond acceptors (Lipinski definition) is 2. The number of carbonyl (C=O) groups excluding carboxylic acids is 1. The fourth-order valence-electron chi connectivity index (χ4n) is 2.62. The zero-order valence-electron chi connectivity index (χ0n) is 11.7. The first kappa shape index (κ1) is 13.2. The third kappa shape index (κ3) is 2.43. The van der Waals surface area contributed by atoms with Crippen molar-refractivity contribution in [3.8, 4) is 0 Å². The lowest BCUT2D eigenvalue weighted by atomic mass is 10.0. The van der Waals surface area contributed by atoms with Gasteiger partial charge >= 0.3 is 6.03 Å². The van der Waals surface area contributed by atoms with Crippen LogP contribution in [-0.4, -0.2) is 17.5 Å². The van der Waals surface area contributed by atoms with Gasteiger partial charge < -0.3 is 10.2 Å². The normalized spacial score (nSPS) is 17.7. The smallest absolute Gasteiger partial charge is 0.317 e. The minimum Gasteiger partial charge on any atom is -0.317 e. The first-order valence-corrected chi connectivity index (χ1v) is 7.73. The van der Waals surface area contributed by atoms with Crippen LogP contribution in [0.2, 0.25) is 0 Å². The molecule has 1 aliphatic heterocycles. The van der Waals surface area contributed by atoms with E-state index in [0.29, 0.717) is 0 Å². The summed E-state index contributed by atoms with van der Waals surface area (Å²) in [4.78, 5) is 15.7. The molecule has 1 aliphatic rings. The molecule has 104 valence electrons. The maximum absolute atomic E-state index is 12.4. The summed E-state index contributed by atoms with van der Waals surface area (Å²) >= 11 is 1.79. The Hall–Kier alpha value is -1.81. The second kappa shape index (κ2) is 5.29. The summed E-state index contributed by atoms with van der Waals surface area (Å²) in [5.74, 6) is 0. The minimum atomic E-state index is -0.0156. The first-order chi connectivity index (χ1) is 9.65. The van der Waals surface area contributed by atoms with Crippen LogP contribution in [0.15, 0.2) is 35.7 Å². The summed E-state index contributed by atoms with van der Waals surface area (Å²) in [6, 6.07) is 10.2. The van der Waals surface area contributed by atoms with Gasteiger partial charge in [-0.3, -0.25) is 0 Å². The molecule has 1 atom stereocenters. The third-order valence-corrected chi connectivity index (χ3v) is 4.84. The van der Waals surface area contributed by atoms with Crippen LogP contribution in [0.25, 0.3) is 0 Å². The third-order valence-electron chi connectivity index (χ3n) is 3.84. The molecule has 0 radical (unpaired) electrons. The molecule has 1 N–H and O–H groups in total. The van der Waals surface area contributed by atoms with E-state index in [1.165, 1.54) is 16.0 Å². The fraction of sp³-hybridized carbons (Fsp3) is 0.312. The van der Waals surface area contributed by atoms with Crippen molar-refractivity contribution in [2.24, 2.45) is 0 Å². The Morgan fingerprint density at radius 2 is 2.05 bits per heavy atom. The number of fused-ring (bicyclic) bond motifs is 1. The van der Waals surface area contributed by atoms with Crippen molar-refractivity contribution in [1.82, 2.24) is 4.90 Å². The average Bonchev–Trinajstić information content (AvgIpc) is 2.91. The number of urea groups is 1. The second-order valence-corrected chi connectivity index (χ2v) is 6.22. The Kier molecular flexibility index (Phi) is 3.49. The standard InChI is InChI=1S/C16H18N2OS/c1-11-3-5-13(6-4-11)17-16(19)18-9-7-15-14(12(18)2)8-10-20-15/h3-6,8,10,12H,7,9H2,1-2H3,(H,17,19)/t12-/m0/s1. The fourth-order valence-corrected chi connectivity index (χ4v) is 3.58. The van der Waals surface area contributed by atoms with E-state index < -0.39 is 0 Å². The molecule has 3 nitrogen and oxygen atoms in total. The van der Waals surface area contributed by atoms with Gasteiger partial charge in [0, 0.05) is 17.1 Å². The lowest BCUT2D eigenvalue weighted by Crippen LogP contribution is -2.40. The Labute approximate surface area is 123 Å². The molecule has 0 fully saturated rings. The maximum atomic E-state index is 12.4. The van der Waals surface area contributed by atoms with Gasteiger partial charge in [0.2, 0.25) is 0 Å². The van der Waals surface area contributed by atoms with Crippen LogP contribution in [0.5, 0.6) is 0 Å². The predicted octanol–water partition coefficient (Wildman–Crippen LogP) is 4.21. The van der Waals surface area contributed by atoms with Crippen LogP contribution < -0.4 is 5.32 Å². The summed E-state index contributed by atoms with van der Waals surface area (Å²) < 4.78 is 0. The molecular formula is C16H18N2OS. The van der Waals surface area contributed by atoms with E-state index in [-0.39, 0.29) is 12.1 Å². The number of rotatable bonds is 1. The van der Waals surface area contributed by atoms with Crippen molar-refractivity contribution >= 4 is 23.1 Å². The Morgan fingerprint density at radius 3 is 2.80 bits per heavy atom.